The Kier molecular flexibility index (Phi) is 12.2. The van der Waals surface area contributed by atoms with Crippen molar-refractivity contribution >= 4 is 63.1 Å². The monoisotopic (exact) mass is 894 g/mol. The predicted octanol–water partition coefficient (Wildman–Crippen LogP) is 6.60. The SMILES string of the molecule is [C-]#[N+]c1ccc(C2=CN3C(=O)c4cc(OC)c(OCCCOc5cc6c(cc5OC)C(=O)N5C=C(c7ccc(C#N)cc7)C[C@H]5C(S(=O)(=O)O)N6)cc4NC(OOOS)[C@@H]3C2)cc1. The summed E-state index contributed by atoms with van der Waals surface area (Å²) in [6, 6.07) is 20.3. The number of ether oxygens (including phenoxy) is 4. The van der Waals surface area contributed by atoms with E-state index in [-0.39, 0.29) is 59.6 Å². The largest absolute Gasteiger partial charge is 0.493 e. The Morgan fingerprint density at radius 3 is 1.84 bits per heavy atom. The molecule has 4 heterocycles. The van der Waals surface area contributed by atoms with Gasteiger partial charge in [0.25, 0.3) is 21.9 Å². The van der Waals surface area contributed by atoms with Gasteiger partial charge in [0.2, 0.25) is 0 Å². The van der Waals surface area contributed by atoms with Crippen LogP contribution < -0.4 is 29.6 Å². The van der Waals surface area contributed by atoms with Gasteiger partial charge in [-0.15, -0.1) is 4.33 Å². The first-order valence-corrected chi connectivity index (χ1v) is 21.2. The Morgan fingerprint density at radius 1 is 0.810 bits per heavy atom. The van der Waals surface area contributed by atoms with Crippen LogP contribution in [0.2, 0.25) is 0 Å². The first-order chi connectivity index (χ1) is 30.4. The summed E-state index contributed by atoms with van der Waals surface area (Å²) in [5.41, 5.74) is 4.82. The molecule has 0 saturated carbocycles. The Bertz CT molecular complexity index is 2720. The van der Waals surface area contributed by atoms with E-state index in [0.717, 1.165) is 11.1 Å². The van der Waals surface area contributed by atoms with Crippen LogP contribution in [0.5, 0.6) is 23.0 Å². The third-order valence-electron chi connectivity index (χ3n) is 11.0. The Morgan fingerprint density at radius 2 is 1.33 bits per heavy atom. The Hall–Kier alpha value is -6.78. The van der Waals surface area contributed by atoms with E-state index in [1.54, 1.807) is 65.8 Å². The number of thiol groups is 1. The zero-order chi connectivity index (χ0) is 44.4. The number of methoxy groups -OCH3 is 2. The number of hydrogen-bond acceptors (Lipinski definition) is 15. The molecule has 63 heavy (non-hydrogen) atoms. The summed E-state index contributed by atoms with van der Waals surface area (Å²) in [5, 5.41) is 18.4. The maximum atomic E-state index is 14.1. The molecule has 18 nitrogen and oxygen atoms in total. The molecule has 0 fully saturated rings. The minimum atomic E-state index is -4.75. The van der Waals surface area contributed by atoms with E-state index in [4.69, 9.17) is 35.4 Å². The molecule has 0 radical (unpaired) electrons. The molecule has 0 aromatic heterocycles. The molecule has 8 rings (SSSR count). The minimum Gasteiger partial charge on any atom is -0.493 e. The molecule has 0 bridgehead atoms. The normalized spacial score (nSPS) is 19.9. The second-order valence-corrected chi connectivity index (χ2v) is 16.3. The van der Waals surface area contributed by atoms with Crippen LogP contribution in [0.3, 0.4) is 0 Å². The van der Waals surface area contributed by atoms with Gasteiger partial charge in [-0.25, -0.2) is 4.85 Å². The molecule has 4 aromatic carbocycles. The summed E-state index contributed by atoms with van der Waals surface area (Å²) in [6.45, 7) is 7.45. The van der Waals surface area contributed by atoms with Gasteiger partial charge in [-0.05, 0) is 59.4 Å². The standard InChI is InChI=1S/C43H38N6O12S2/c1-45-29-11-9-26(10-12-29)27-15-34-40(59-60-61-62)46-32-19-38(36(55-2)17-30(32)42(50)48(34)22-27)57-13-4-14-58-39-20-33-31(18-37(39)56-3)43(51)49-23-28(25-7-5-24(21-44)6-8-25)16-35(49)41(47-33)63(52,53)54/h5-12,17-20,22-23,34-35,40-41,46-47,62H,4,13-16H2,2-3H3,(H,52,53,54)/t34-,35-,40?,41?/m0/s1. The number of carbonyl (C=O) groups excluding carboxylic acids is 2. The molecule has 4 aliphatic heterocycles. The highest BCUT2D eigenvalue weighted by Crippen LogP contribution is 2.43. The van der Waals surface area contributed by atoms with Crippen molar-refractivity contribution in [3.63, 3.8) is 0 Å². The van der Waals surface area contributed by atoms with E-state index < -0.39 is 39.7 Å². The van der Waals surface area contributed by atoms with Crippen LogP contribution in [-0.4, -0.2) is 85.7 Å². The number of anilines is 2. The molecule has 4 aromatic rings. The van der Waals surface area contributed by atoms with Crippen LogP contribution in [-0.2, 0) is 24.4 Å². The number of benzene rings is 4. The van der Waals surface area contributed by atoms with Crippen LogP contribution in [0.4, 0.5) is 17.1 Å². The highest BCUT2D eigenvalue weighted by molar-refractivity contribution is 7.86. The quantitative estimate of drug-likeness (QED) is 0.0200. The Labute approximate surface area is 367 Å². The van der Waals surface area contributed by atoms with Crippen LogP contribution >= 0.6 is 12.9 Å². The molecular formula is C43H38N6O12S2. The van der Waals surface area contributed by atoms with Gasteiger partial charge in [0, 0.05) is 43.9 Å². The number of rotatable bonds is 14. The lowest BCUT2D eigenvalue weighted by Crippen LogP contribution is -2.46. The zero-order valence-electron chi connectivity index (χ0n) is 33.5. The van der Waals surface area contributed by atoms with E-state index in [1.807, 2.05) is 12.1 Å². The van der Waals surface area contributed by atoms with Crippen molar-refractivity contribution in [2.75, 3.05) is 38.1 Å². The number of fused-ring (bicyclic) bond motifs is 4. The number of nitriles is 1. The average Bonchev–Trinajstić information content (AvgIpc) is 3.90. The molecule has 0 saturated heterocycles. The molecule has 324 valence electrons. The highest BCUT2D eigenvalue weighted by Gasteiger charge is 2.46. The van der Waals surface area contributed by atoms with Crippen molar-refractivity contribution in [3.8, 4) is 29.1 Å². The van der Waals surface area contributed by atoms with Gasteiger partial charge in [-0.2, -0.15) is 18.6 Å². The van der Waals surface area contributed by atoms with E-state index in [1.165, 1.54) is 31.3 Å². The second kappa shape index (κ2) is 17.9. The van der Waals surface area contributed by atoms with Gasteiger partial charge >= 0.3 is 0 Å². The van der Waals surface area contributed by atoms with Crippen molar-refractivity contribution in [2.45, 2.75) is 42.9 Å². The summed E-state index contributed by atoms with van der Waals surface area (Å²) < 4.78 is 63.8. The summed E-state index contributed by atoms with van der Waals surface area (Å²) in [6.07, 6.45) is 3.18. The van der Waals surface area contributed by atoms with Gasteiger partial charge in [0.15, 0.2) is 40.3 Å². The van der Waals surface area contributed by atoms with E-state index in [9.17, 15) is 27.8 Å². The molecule has 4 aliphatic rings. The van der Waals surface area contributed by atoms with Crippen molar-refractivity contribution in [1.29, 1.82) is 5.26 Å². The van der Waals surface area contributed by atoms with E-state index in [0.29, 0.717) is 46.7 Å². The number of nitrogens with zero attached hydrogens (tertiary/aromatic N) is 4. The summed E-state index contributed by atoms with van der Waals surface area (Å²) in [4.78, 5) is 39.8. The van der Waals surface area contributed by atoms with Crippen LogP contribution in [0.15, 0.2) is 85.2 Å². The molecule has 2 amide bonds. The summed E-state index contributed by atoms with van der Waals surface area (Å²) >= 11 is 3.61. The van der Waals surface area contributed by atoms with E-state index in [2.05, 4.69) is 38.8 Å². The van der Waals surface area contributed by atoms with E-state index >= 15 is 0 Å². The third-order valence-corrected chi connectivity index (χ3v) is 12.2. The average molecular weight is 895 g/mol. The summed E-state index contributed by atoms with van der Waals surface area (Å²) in [5.74, 6) is 0.124. The zero-order valence-corrected chi connectivity index (χ0v) is 35.2. The smallest absolute Gasteiger partial charge is 0.288 e. The second-order valence-electron chi connectivity index (χ2n) is 14.7. The van der Waals surface area contributed by atoms with Crippen LogP contribution in [0, 0.1) is 17.9 Å². The third kappa shape index (κ3) is 8.55. The number of amides is 2. The van der Waals surface area contributed by atoms with Crippen molar-refractivity contribution in [3.05, 3.63) is 124 Å². The topological polar surface area (TPSA) is 212 Å². The maximum Gasteiger partial charge on any atom is 0.288 e. The number of carbonyl (C=O) groups is 2. The fraction of sp³-hybridized carbons (Fsp3) is 0.256. The highest BCUT2D eigenvalue weighted by atomic mass is 32.2. The van der Waals surface area contributed by atoms with Crippen molar-refractivity contribution in [1.82, 2.24) is 9.80 Å². The van der Waals surface area contributed by atoms with Gasteiger partial charge in [-0.1, -0.05) is 41.4 Å². The lowest BCUT2D eigenvalue weighted by Gasteiger charge is -2.26. The summed E-state index contributed by atoms with van der Waals surface area (Å²) in [7, 11) is -1.89. The molecule has 0 aliphatic carbocycles. The minimum absolute atomic E-state index is 0.0865. The van der Waals surface area contributed by atoms with Gasteiger partial charge < -0.3 is 39.4 Å². The first-order valence-electron chi connectivity index (χ1n) is 19.3. The van der Waals surface area contributed by atoms with Crippen molar-refractivity contribution in [2.24, 2.45) is 0 Å². The lowest BCUT2D eigenvalue weighted by atomic mass is 10.0. The molecule has 2 unspecified atom stereocenters. The molecule has 0 spiro atoms. The molecule has 20 heteroatoms. The number of nitrogens with one attached hydrogen (secondary N) is 2. The fourth-order valence-electron chi connectivity index (χ4n) is 7.98. The lowest BCUT2D eigenvalue weighted by molar-refractivity contribution is -0.475. The number of hydrogen-bond donors (Lipinski definition) is 4. The van der Waals surface area contributed by atoms with Crippen molar-refractivity contribution < 1.29 is 55.8 Å². The maximum absolute atomic E-state index is 14.1. The van der Waals surface area contributed by atoms with Crippen LogP contribution in [0.1, 0.15) is 56.7 Å². The van der Waals surface area contributed by atoms with Gasteiger partial charge in [0.1, 0.15) is 0 Å². The first kappa shape index (κ1) is 42.9. The van der Waals surface area contributed by atoms with Crippen LogP contribution in [0.25, 0.3) is 16.0 Å². The molecule has 4 atom stereocenters. The fourth-order valence-corrected chi connectivity index (χ4v) is 8.91. The Balaban J connectivity index is 0.970. The predicted molar refractivity (Wildman–Crippen MR) is 229 cm³/mol. The van der Waals surface area contributed by atoms with Gasteiger partial charge in [0.05, 0.1) is 80.2 Å². The molecule has 3 N–H and O–H groups in total. The molecular weight excluding hydrogens is 857 g/mol. The van der Waals surface area contributed by atoms with Gasteiger partial charge in [-0.3, -0.25) is 14.1 Å².